The molecule has 0 aliphatic carbocycles. The van der Waals surface area contributed by atoms with Gasteiger partial charge in [-0.25, -0.2) is 0 Å². The molecule has 0 N–H and O–H groups in total. The van der Waals surface area contributed by atoms with Gasteiger partial charge >= 0.3 is 0 Å². The van der Waals surface area contributed by atoms with Gasteiger partial charge in [0.15, 0.2) is 0 Å². The van der Waals surface area contributed by atoms with Crippen LogP contribution in [0.1, 0.15) is 58.8 Å². The maximum atomic E-state index is 3.74. The van der Waals surface area contributed by atoms with E-state index in [-0.39, 0.29) is 0 Å². The first-order chi connectivity index (χ1) is 6.20. The minimum atomic E-state index is 0.721. The van der Waals surface area contributed by atoms with Gasteiger partial charge in [0.25, 0.3) is 0 Å². The Labute approximate surface area is 100 Å². The molecule has 0 heterocycles. The Hall–Kier alpha value is 0.960. The summed E-state index contributed by atoms with van der Waals surface area (Å²) < 4.78 is 0. The molecular formula is C11H22Br2. The Kier molecular flexibility index (Phi) is 10.2. The van der Waals surface area contributed by atoms with Crippen LogP contribution in [0.2, 0.25) is 0 Å². The fourth-order valence-electron chi connectivity index (χ4n) is 1.33. The van der Waals surface area contributed by atoms with Crippen LogP contribution in [0, 0.1) is 0 Å². The van der Waals surface area contributed by atoms with Crippen LogP contribution < -0.4 is 0 Å². The largest absolute Gasteiger partial charge is 0.0891 e. The maximum Gasteiger partial charge on any atom is 0.0146 e. The van der Waals surface area contributed by atoms with Crippen molar-refractivity contribution < 1.29 is 0 Å². The van der Waals surface area contributed by atoms with Gasteiger partial charge in [0, 0.05) is 9.65 Å². The zero-order valence-corrected chi connectivity index (χ0v) is 12.0. The van der Waals surface area contributed by atoms with E-state index < -0.39 is 0 Å². The van der Waals surface area contributed by atoms with E-state index in [1.807, 2.05) is 0 Å². The van der Waals surface area contributed by atoms with Crippen LogP contribution in [0.5, 0.6) is 0 Å². The highest BCUT2D eigenvalue weighted by Crippen LogP contribution is 2.20. The first-order valence-corrected chi connectivity index (χ1v) is 7.31. The van der Waals surface area contributed by atoms with E-state index in [2.05, 4.69) is 45.7 Å². The van der Waals surface area contributed by atoms with Crippen molar-refractivity contribution >= 4 is 31.9 Å². The summed E-state index contributed by atoms with van der Waals surface area (Å²) in [5, 5.41) is 0. The molecule has 0 saturated heterocycles. The van der Waals surface area contributed by atoms with Crippen LogP contribution in [-0.2, 0) is 0 Å². The lowest BCUT2D eigenvalue weighted by Crippen LogP contribution is -2.03. The summed E-state index contributed by atoms with van der Waals surface area (Å²) in [6.45, 7) is 4.49. The number of hydrogen-bond acceptors (Lipinski definition) is 0. The molecule has 2 heteroatoms. The molecule has 0 bridgehead atoms. The molecule has 13 heavy (non-hydrogen) atoms. The minimum Gasteiger partial charge on any atom is -0.0891 e. The van der Waals surface area contributed by atoms with E-state index in [0.717, 1.165) is 9.65 Å². The summed E-state index contributed by atoms with van der Waals surface area (Å²) in [4.78, 5) is 1.46. The van der Waals surface area contributed by atoms with Gasteiger partial charge in [-0.3, -0.25) is 0 Å². The van der Waals surface area contributed by atoms with Gasteiger partial charge in [0.1, 0.15) is 0 Å². The number of unbranched alkanes of at least 4 members (excludes halogenated alkanes) is 2. The number of halogens is 2. The monoisotopic (exact) mass is 312 g/mol. The lowest BCUT2D eigenvalue weighted by molar-refractivity contribution is 0.597. The molecule has 0 aliphatic heterocycles. The van der Waals surface area contributed by atoms with E-state index in [0.29, 0.717) is 0 Å². The molecule has 0 saturated carbocycles. The molecule has 0 aromatic heterocycles. The van der Waals surface area contributed by atoms with Gasteiger partial charge in [0.05, 0.1) is 0 Å². The standard InChI is InChI=1S/C11H22Br2/c1-3-5-6-7-11(13)9-8-10(12)4-2/h10-11H,3-9H2,1-2H3. The Morgan fingerprint density at radius 1 is 0.846 bits per heavy atom. The summed E-state index contributed by atoms with van der Waals surface area (Å²) in [6.07, 6.45) is 9.30. The van der Waals surface area contributed by atoms with Gasteiger partial charge in [-0.2, -0.15) is 0 Å². The van der Waals surface area contributed by atoms with Crippen molar-refractivity contribution in [2.45, 2.75) is 68.4 Å². The van der Waals surface area contributed by atoms with Crippen molar-refractivity contribution in [2.24, 2.45) is 0 Å². The van der Waals surface area contributed by atoms with Crippen LogP contribution in [0.15, 0.2) is 0 Å². The van der Waals surface area contributed by atoms with Gasteiger partial charge in [-0.15, -0.1) is 0 Å². The third-order valence-corrected chi connectivity index (χ3v) is 4.38. The Balaban J connectivity index is 3.24. The number of alkyl halides is 2. The molecule has 0 rings (SSSR count). The first kappa shape index (κ1) is 14.0. The van der Waals surface area contributed by atoms with Gasteiger partial charge in [0.2, 0.25) is 0 Å². The van der Waals surface area contributed by atoms with Gasteiger partial charge in [-0.05, 0) is 25.7 Å². The summed E-state index contributed by atoms with van der Waals surface area (Å²) in [5.74, 6) is 0. The molecule has 2 unspecified atom stereocenters. The molecule has 0 amide bonds. The molecule has 0 aromatic rings. The summed E-state index contributed by atoms with van der Waals surface area (Å²) in [5.41, 5.74) is 0. The second kappa shape index (κ2) is 9.51. The van der Waals surface area contributed by atoms with Crippen molar-refractivity contribution in [3.05, 3.63) is 0 Å². The molecule has 2 atom stereocenters. The maximum absolute atomic E-state index is 3.74. The number of hydrogen-bond donors (Lipinski definition) is 0. The van der Waals surface area contributed by atoms with Crippen LogP contribution in [-0.4, -0.2) is 9.65 Å². The highest BCUT2D eigenvalue weighted by Gasteiger charge is 2.07. The average molecular weight is 314 g/mol. The summed E-state index contributed by atoms with van der Waals surface area (Å²) in [6, 6.07) is 0. The lowest BCUT2D eigenvalue weighted by Gasteiger charge is -2.11. The molecule has 0 radical (unpaired) electrons. The highest BCUT2D eigenvalue weighted by atomic mass is 79.9. The van der Waals surface area contributed by atoms with Crippen molar-refractivity contribution in [3.8, 4) is 0 Å². The van der Waals surface area contributed by atoms with Crippen LogP contribution in [0.3, 0.4) is 0 Å². The SMILES string of the molecule is CCCCCC(Br)CCC(Br)CC. The van der Waals surface area contributed by atoms with Crippen LogP contribution >= 0.6 is 31.9 Å². The summed E-state index contributed by atoms with van der Waals surface area (Å²) in [7, 11) is 0. The van der Waals surface area contributed by atoms with E-state index in [9.17, 15) is 0 Å². The van der Waals surface area contributed by atoms with E-state index >= 15 is 0 Å². The first-order valence-electron chi connectivity index (χ1n) is 5.48. The highest BCUT2D eigenvalue weighted by molar-refractivity contribution is 9.09. The predicted octanol–water partition coefficient (Wildman–Crippen LogP) is 5.28. The molecule has 0 spiro atoms. The molecule has 0 nitrogen and oxygen atoms in total. The Morgan fingerprint density at radius 2 is 1.46 bits per heavy atom. The van der Waals surface area contributed by atoms with Crippen molar-refractivity contribution in [1.82, 2.24) is 0 Å². The van der Waals surface area contributed by atoms with E-state index in [1.54, 1.807) is 0 Å². The Morgan fingerprint density at radius 3 is 2.00 bits per heavy atom. The molecule has 0 fully saturated rings. The van der Waals surface area contributed by atoms with Gasteiger partial charge in [-0.1, -0.05) is 65.0 Å². The second-order valence-corrected chi connectivity index (χ2v) is 6.27. The zero-order chi connectivity index (χ0) is 10.1. The molecule has 0 aromatic carbocycles. The van der Waals surface area contributed by atoms with Crippen LogP contribution in [0.4, 0.5) is 0 Å². The van der Waals surface area contributed by atoms with E-state index in [4.69, 9.17) is 0 Å². The summed E-state index contributed by atoms with van der Waals surface area (Å²) >= 11 is 7.41. The molecule has 0 aliphatic rings. The quantitative estimate of drug-likeness (QED) is 0.422. The number of rotatable bonds is 8. The lowest BCUT2D eigenvalue weighted by atomic mass is 10.1. The fraction of sp³-hybridized carbons (Fsp3) is 1.00. The normalized spacial score (nSPS) is 15.7. The van der Waals surface area contributed by atoms with E-state index in [1.165, 1.54) is 44.9 Å². The molecule has 80 valence electrons. The third kappa shape index (κ3) is 9.27. The zero-order valence-electron chi connectivity index (χ0n) is 8.86. The van der Waals surface area contributed by atoms with Crippen molar-refractivity contribution in [2.75, 3.05) is 0 Å². The predicted molar refractivity (Wildman–Crippen MR) is 69.1 cm³/mol. The molecular weight excluding hydrogens is 292 g/mol. The fourth-order valence-corrected chi connectivity index (χ4v) is 2.18. The van der Waals surface area contributed by atoms with Gasteiger partial charge < -0.3 is 0 Å². The Bertz CT molecular complexity index is 104. The third-order valence-electron chi connectivity index (χ3n) is 2.36. The van der Waals surface area contributed by atoms with Crippen LogP contribution in [0.25, 0.3) is 0 Å². The van der Waals surface area contributed by atoms with Crippen molar-refractivity contribution in [1.29, 1.82) is 0 Å². The topological polar surface area (TPSA) is 0 Å². The smallest absolute Gasteiger partial charge is 0.0146 e. The second-order valence-electron chi connectivity index (χ2n) is 3.68. The minimum absolute atomic E-state index is 0.721. The average Bonchev–Trinajstić information content (AvgIpc) is 2.14. The van der Waals surface area contributed by atoms with Crippen molar-refractivity contribution in [3.63, 3.8) is 0 Å².